The Bertz CT molecular complexity index is 6990. The van der Waals surface area contributed by atoms with Gasteiger partial charge in [0.15, 0.2) is 5.82 Å². The monoisotopic (exact) mass is 1300 g/mol. The summed E-state index contributed by atoms with van der Waals surface area (Å²) in [6.45, 7) is 0. The minimum absolute atomic E-state index is 0.509. The summed E-state index contributed by atoms with van der Waals surface area (Å²) < 4.78 is 25.5. The van der Waals surface area contributed by atoms with Gasteiger partial charge >= 0.3 is 0 Å². The Balaban J connectivity index is 0.623. The highest BCUT2D eigenvalue weighted by Crippen LogP contribution is 2.43. The second-order valence-electron chi connectivity index (χ2n) is 26.6. The molecule has 0 amide bonds. The molecule has 22 aromatic rings. The topological polar surface area (TPSA) is 92.9 Å². The molecule has 0 bridgehead atoms. The van der Waals surface area contributed by atoms with Crippen LogP contribution in [0.2, 0.25) is 0 Å². The summed E-state index contributed by atoms with van der Waals surface area (Å²) >= 11 is 0. The molecule has 9 nitrogen and oxygen atoms in total. The Morgan fingerprint density at radius 1 is 0.176 bits per heavy atom. The molecule has 22 rings (SSSR count). The minimum atomic E-state index is 0.509. The smallest absolute Gasteiger partial charge is 0.240 e. The van der Waals surface area contributed by atoms with Crippen molar-refractivity contribution in [2.75, 3.05) is 0 Å². The fraction of sp³-hybridized carbons (Fsp3) is 0. The van der Waals surface area contributed by atoms with Gasteiger partial charge in [-0.2, -0.15) is 15.0 Å². The van der Waals surface area contributed by atoms with E-state index in [-0.39, 0.29) is 0 Å². The van der Waals surface area contributed by atoms with Gasteiger partial charge in [-0.15, -0.1) is 0 Å². The highest BCUT2D eigenvalue weighted by atomic mass is 16.3. The predicted molar refractivity (Wildman–Crippen MR) is 417 cm³/mol. The Labute approximate surface area is 581 Å². The van der Waals surface area contributed by atoms with Crippen LogP contribution in [0, 0.1) is 0 Å². The first-order valence-electron chi connectivity index (χ1n) is 34.4. The highest BCUT2D eigenvalue weighted by molar-refractivity contribution is 6.15. The van der Waals surface area contributed by atoms with Crippen LogP contribution in [0.1, 0.15) is 0 Å². The number of benzene rings is 15. The molecule has 0 aliphatic carbocycles. The number of fused-ring (bicyclic) bond motifs is 18. The van der Waals surface area contributed by atoms with Crippen LogP contribution in [-0.2, 0) is 0 Å². The van der Waals surface area contributed by atoms with Gasteiger partial charge in [0.25, 0.3) is 0 Å². The molecule has 15 aromatic carbocycles. The Morgan fingerprint density at radius 3 is 0.804 bits per heavy atom. The van der Waals surface area contributed by atoms with Crippen LogP contribution in [0.15, 0.2) is 341 Å². The summed E-state index contributed by atoms with van der Waals surface area (Å²) in [6, 6.07) is 117. The molecule has 0 spiro atoms. The van der Waals surface area contributed by atoms with Gasteiger partial charge in [0.1, 0.15) is 33.5 Å². The van der Waals surface area contributed by atoms with Crippen molar-refractivity contribution in [3.8, 4) is 84.6 Å². The maximum Gasteiger partial charge on any atom is 0.240 e. The van der Waals surface area contributed by atoms with E-state index in [9.17, 15) is 0 Å². The zero-order valence-corrected chi connectivity index (χ0v) is 54.6. The number of hydrogen-bond acceptors (Lipinski definition) is 6. The van der Waals surface area contributed by atoms with Gasteiger partial charge in [-0.25, -0.2) is 0 Å². The molecule has 0 N–H and O–H groups in total. The number of aromatic nitrogens is 6. The van der Waals surface area contributed by atoms with Crippen molar-refractivity contribution in [2.24, 2.45) is 0 Å². The molecular weight excluding hydrogens is 1250 g/mol. The van der Waals surface area contributed by atoms with Gasteiger partial charge in [-0.3, -0.25) is 9.13 Å². The summed E-state index contributed by atoms with van der Waals surface area (Å²) in [7, 11) is 0. The number of para-hydroxylation sites is 6. The molecule has 0 atom stereocenters. The normalized spacial score (nSPS) is 12.1. The second-order valence-corrected chi connectivity index (χ2v) is 26.6. The number of hydrogen-bond donors (Lipinski definition) is 0. The van der Waals surface area contributed by atoms with E-state index in [2.05, 4.69) is 305 Å². The third kappa shape index (κ3) is 8.68. The van der Waals surface area contributed by atoms with E-state index >= 15 is 0 Å². The lowest BCUT2D eigenvalue weighted by Crippen LogP contribution is -2.10. The van der Waals surface area contributed by atoms with E-state index in [0.717, 1.165) is 176 Å². The van der Waals surface area contributed by atoms with Crippen LogP contribution >= 0.6 is 0 Å². The van der Waals surface area contributed by atoms with E-state index in [4.69, 9.17) is 28.2 Å². The number of furan rings is 3. The van der Waals surface area contributed by atoms with Crippen LogP contribution in [0.3, 0.4) is 0 Å². The third-order valence-electron chi connectivity index (χ3n) is 21.0. The van der Waals surface area contributed by atoms with E-state index in [1.165, 1.54) is 21.9 Å². The Kier molecular flexibility index (Phi) is 12.0. The van der Waals surface area contributed by atoms with Gasteiger partial charge < -0.3 is 17.8 Å². The molecule has 0 saturated heterocycles. The zero-order chi connectivity index (χ0) is 66.7. The largest absolute Gasteiger partial charge is 0.456 e. The average molecular weight is 1300 g/mol. The van der Waals surface area contributed by atoms with E-state index < -0.39 is 0 Å². The predicted octanol–water partition coefficient (Wildman–Crippen LogP) is 24.9. The van der Waals surface area contributed by atoms with E-state index in [1.807, 2.05) is 36.4 Å². The van der Waals surface area contributed by atoms with Crippen molar-refractivity contribution in [1.82, 2.24) is 28.7 Å². The van der Waals surface area contributed by atoms with Gasteiger partial charge in [0.2, 0.25) is 11.9 Å². The lowest BCUT2D eigenvalue weighted by Gasteiger charge is -2.13. The molecule has 102 heavy (non-hydrogen) atoms. The standard InChI is InChI=1S/C93H54N6O3/c1-7-19-79-67(13-1)73-49-60(63-38-46-88-76(52-63)70-16-4-10-22-85(70)100-88)35-43-82(73)97(79)66-41-33-58(34-42-66)56-27-25-55(26-28-56)57-29-31-59(32-30-57)91-94-92(98-80-20-8-2-14-68(80)74-50-61(36-44-83(74)98)64-39-47-89-77(53-64)71-17-5-11-23-86(71)101-89)96-93(95-91)99-81-21-9-3-15-69(81)75-51-62(37-45-84(75)99)65-40-48-90-78(54-65)72-18-6-12-24-87(72)102-90/h1-54H. The average Bonchev–Trinajstić information content (AvgIpc) is 1.57. The van der Waals surface area contributed by atoms with Crippen molar-refractivity contribution >= 4 is 131 Å². The lowest BCUT2D eigenvalue weighted by molar-refractivity contribution is 0.668. The van der Waals surface area contributed by atoms with Crippen LogP contribution in [0.4, 0.5) is 0 Å². The maximum atomic E-state index is 6.26. The molecule has 474 valence electrons. The lowest BCUT2D eigenvalue weighted by atomic mass is 9.99. The number of rotatable bonds is 9. The van der Waals surface area contributed by atoms with Crippen molar-refractivity contribution in [3.05, 3.63) is 328 Å². The molecule has 0 aliphatic heterocycles. The third-order valence-corrected chi connectivity index (χ3v) is 21.0. The van der Waals surface area contributed by atoms with Crippen molar-refractivity contribution in [2.45, 2.75) is 0 Å². The first-order valence-corrected chi connectivity index (χ1v) is 34.4. The summed E-state index contributed by atoms with van der Waals surface area (Å²) in [5.74, 6) is 1.57. The van der Waals surface area contributed by atoms with Crippen molar-refractivity contribution in [3.63, 3.8) is 0 Å². The van der Waals surface area contributed by atoms with Crippen molar-refractivity contribution in [1.29, 1.82) is 0 Å². The first kappa shape index (κ1) is 56.2. The first-order chi connectivity index (χ1) is 50.5. The Hall–Kier alpha value is -13.9. The van der Waals surface area contributed by atoms with Gasteiger partial charge in [0.05, 0.1) is 33.1 Å². The van der Waals surface area contributed by atoms with Crippen LogP contribution in [0.25, 0.3) is 216 Å². The van der Waals surface area contributed by atoms with Gasteiger partial charge in [-0.1, -0.05) is 206 Å². The summed E-state index contributed by atoms with van der Waals surface area (Å²) in [4.78, 5) is 16.5. The Morgan fingerprint density at radius 2 is 0.431 bits per heavy atom. The molecule has 0 aliphatic rings. The molecule has 9 heteroatoms. The quantitative estimate of drug-likeness (QED) is 0.143. The molecule has 0 saturated carbocycles. The molecule has 0 radical (unpaired) electrons. The molecule has 7 aromatic heterocycles. The van der Waals surface area contributed by atoms with Gasteiger partial charge in [0, 0.05) is 75.9 Å². The van der Waals surface area contributed by atoms with Crippen LogP contribution in [0.5, 0.6) is 0 Å². The molecule has 0 fully saturated rings. The highest BCUT2D eigenvalue weighted by Gasteiger charge is 2.24. The zero-order valence-electron chi connectivity index (χ0n) is 54.6. The van der Waals surface area contributed by atoms with E-state index in [1.54, 1.807) is 0 Å². The fourth-order valence-corrected chi connectivity index (χ4v) is 16.0. The summed E-state index contributed by atoms with van der Waals surface area (Å²) in [5, 5.41) is 13.4. The van der Waals surface area contributed by atoms with Crippen LogP contribution in [-0.4, -0.2) is 28.7 Å². The molecule has 0 unspecified atom stereocenters. The van der Waals surface area contributed by atoms with E-state index in [0.29, 0.717) is 17.7 Å². The molecular formula is C93H54N6O3. The number of nitrogens with zero attached hydrogens (tertiary/aromatic N) is 6. The second kappa shape index (κ2) is 21.8. The van der Waals surface area contributed by atoms with Crippen LogP contribution < -0.4 is 0 Å². The summed E-state index contributed by atoms with van der Waals surface area (Å²) in [5.41, 5.74) is 24.7. The SMILES string of the molecule is c1ccc2c(c1)oc1ccc(-c3ccc4c(c3)c3ccccc3n4-c3ccc(-c4ccc(-c5ccc(-c6nc(-n7c8ccccc8c8cc(-c9ccc%10oc%11ccccc%11c%10c9)ccc87)nc(-n7c8ccccc8c8cc(-c9ccc%10oc%11ccccc%11c%10c9)ccc87)n6)cc5)cc4)cc3)cc12. The van der Waals surface area contributed by atoms with Gasteiger partial charge in [-0.05, 0) is 177 Å². The fourth-order valence-electron chi connectivity index (χ4n) is 16.0. The molecule has 7 heterocycles. The minimum Gasteiger partial charge on any atom is -0.456 e. The maximum absolute atomic E-state index is 6.26. The summed E-state index contributed by atoms with van der Waals surface area (Å²) in [6.07, 6.45) is 0. The van der Waals surface area contributed by atoms with Crippen molar-refractivity contribution < 1.29 is 13.3 Å².